The summed E-state index contributed by atoms with van der Waals surface area (Å²) in [4.78, 5) is 16.3. The van der Waals surface area contributed by atoms with E-state index in [9.17, 15) is 4.79 Å². The molecular weight excluding hydrogens is 127 g/mol. The van der Waals surface area contributed by atoms with Crippen LogP contribution in [0, 0.1) is 6.92 Å². The number of aromatic nitrogens is 2. The molecule has 0 unspecified atom stereocenters. The van der Waals surface area contributed by atoms with Crippen LogP contribution in [0.15, 0.2) is 17.1 Å². The number of aryl methyl sites for hydroxylation is 1. The zero-order valence-electron chi connectivity index (χ0n) is 6.51. The molecule has 44 valence electrons. The topological polar surface area (TPSA) is 45.8 Å². The van der Waals surface area contributed by atoms with Gasteiger partial charge >= 0.3 is 35.2 Å². The fourth-order valence-corrected chi connectivity index (χ4v) is 0.459. The summed E-state index contributed by atoms with van der Waals surface area (Å²) in [6.07, 6.45) is 1.48. The molecule has 1 N–H and O–H groups in total. The molecule has 1 rings (SSSR count). The summed E-state index contributed by atoms with van der Waals surface area (Å²) in [5.74, 6) is 0. The summed E-state index contributed by atoms with van der Waals surface area (Å²) in [6.45, 7) is 1.81. The van der Waals surface area contributed by atoms with Gasteiger partial charge in [-0.05, 0) is 13.0 Å². The van der Waals surface area contributed by atoms with Crippen LogP contribution in [0.1, 0.15) is 7.12 Å². The van der Waals surface area contributed by atoms with Crippen molar-refractivity contribution in [3.8, 4) is 0 Å². The molecule has 0 aliphatic rings. The molecule has 0 saturated heterocycles. The predicted molar refractivity (Wildman–Crippen MR) is 30.7 cm³/mol. The molecule has 0 spiro atoms. The van der Waals surface area contributed by atoms with E-state index in [0.29, 0.717) is 0 Å². The standard InChI is InChI=1S/C5H6N2O.Na.H/c1-4-2-3-6-5(8)7-4;;/h2-3H,1H3,(H,6,7,8);;/q;+1;-1. The molecule has 1 aromatic rings. The van der Waals surface area contributed by atoms with Gasteiger partial charge in [0, 0.05) is 11.9 Å². The first-order chi connectivity index (χ1) is 3.79. The number of hydrogen-bond donors (Lipinski definition) is 1. The van der Waals surface area contributed by atoms with E-state index in [2.05, 4.69) is 9.97 Å². The number of hydrogen-bond acceptors (Lipinski definition) is 2. The number of H-pyrrole nitrogens is 1. The van der Waals surface area contributed by atoms with Crippen molar-refractivity contribution in [3.05, 3.63) is 28.4 Å². The Hall–Kier alpha value is -0.120. The molecule has 0 radical (unpaired) electrons. The molecule has 0 aliphatic carbocycles. The minimum Gasteiger partial charge on any atom is -1.00 e. The van der Waals surface area contributed by atoms with Gasteiger partial charge in [0.1, 0.15) is 0 Å². The molecule has 0 atom stereocenters. The van der Waals surface area contributed by atoms with Crippen LogP contribution in [0.25, 0.3) is 0 Å². The Morgan fingerprint density at radius 3 is 2.78 bits per heavy atom. The second-order valence-corrected chi connectivity index (χ2v) is 1.56. The van der Waals surface area contributed by atoms with Gasteiger partial charge in [-0.25, -0.2) is 9.78 Å². The molecule has 0 saturated carbocycles. The van der Waals surface area contributed by atoms with Crippen LogP contribution in [0.2, 0.25) is 0 Å². The van der Waals surface area contributed by atoms with Crippen molar-refractivity contribution in [1.82, 2.24) is 9.97 Å². The van der Waals surface area contributed by atoms with Gasteiger partial charge in [0.15, 0.2) is 0 Å². The first-order valence-corrected chi connectivity index (χ1v) is 2.31. The minimum absolute atomic E-state index is 0. The molecule has 1 heterocycles. The second kappa shape index (κ2) is 3.82. The van der Waals surface area contributed by atoms with Crippen LogP contribution in [0.4, 0.5) is 0 Å². The van der Waals surface area contributed by atoms with Gasteiger partial charge < -0.3 is 6.41 Å². The third kappa shape index (κ3) is 2.79. The number of rotatable bonds is 0. The minimum atomic E-state index is -0.287. The molecule has 0 aliphatic heterocycles. The summed E-state index contributed by atoms with van der Waals surface area (Å²) in [7, 11) is 0. The van der Waals surface area contributed by atoms with E-state index in [1.807, 2.05) is 6.92 Å². The van der Waals surface area contributed by atoms with Gasteiger partial charge in [0.2, 0.25) is 0 Å². The zero-order chi connectivity index (χ0) is 5.98. The van der Waals surface area contributed by atoms with E-state index in [1.54, 1.807) is 6.07 Å². The van der Waals surface area contributed by atoms with Crippen LogP contribution in [0.5, 0.6) is 0 Å². The van der Waals surface area contributed by atoms with E-state index in [4.69, 9.17) is 0 Å². The molecule has 1 aromatic heterocycles. The molecular formula is C5H7N2NaO. The van der Waals surface area contributed by atoms with Crippen molar-refractivity contribution in [2.45, 2.75) is 6.92 Å². The van der Waals surface area contributed by atoms with Gasteiger partial charge in [-0.2, -0.15) is 0 Å². The quantitative estimate of drug-likeness (QED) is 0.389. The average molecular weight is 134 g/mol. The number of nitrogens with one attached hydrogen (secondary N) is 1. The SMILES string of the molecule is Cc1ccnc(=O)[nH]1.[H-].[Na+]. The van der Waals surface area contributed by atoms with Crippen molar-refractivity contribution in [2.75, 3.05) is 0 Å². The molecule has 0 aromatic carbocycles. The molecule has 0 bridgehead atoms. The summed E-state index contributed by atoms with van der Waals surface area (Å²) in [6, 6.07) is 1.74. The van der Waals surface area contributed by atoms with Gasteiger partial charge in [-0.1, -0.05) is 0 Å². The van der Waals surface area contributed by atoms with Crippen molar-refractivity contribution in [3.63, 3.8) is 0 Å². The fourth-order valence-electron chi connectivity index (χ4n) is 0.459. The van der Waals surface area contributed by atoms with E-state index >= 15 is 0 Å². The third-order valence-corrected chi connectivity index (χ3v) is 0.820. The van der Waals surface area contributed by atoms with Crippen LogP contribution in [-0.2, 0) is 0 Å². The smallest absolute Gasteiger partial charge is 1.00 e. The van der Waals surface area contributed by atoms with Crippen molar-refractivity contribution >= 4 is 0 Å². The van der Waals surface area contributed by atoms with Crippen LogP contribution >= 0.6 is 0 Å². The maximum Gasteiger partial charge on any atom is 1.00 e. The average Bonchev–Trinajstić information content (AvgIpc) is 1.64. The van der Waals surface area contributed by atoms with E-state index in [-0.39, 0.29) is 36.7 Å². The maximum absolute atomic E-state index is 10.3. The van der Waals surface area contributed by atoms with Crippen LogP contribution in [0.3, 0.4) is 0 Å². The van der Waals surface area contributed by atoms with Gasteiger partial charge in [-0.15, -0.1) is 0 Å². The van der Waals surface area contributed by atoms with Gasteiger partial charge in [0.25, 0.3) is 0 Å². The Bertz CT molecular complexity index is 237. The Morgan fingerprint density at radius 2 is 2.44 bits per heavy atom. The summed E-state index contributed by atoms with van der Waals surface area (Å²) < 4.78 is 0. The zero-order valence-corrected chi connectivity index (χ0v) is 7.51. The predicted octanol–water partition coefficient (Wildman–Crippen LogP) is -2.81. The molecule has 0 amide bonds. The normalized spacial score (nSPS) is 8.11. The Labute approximate surface area is 76.3 Å². The van der Waals surface area contributed by atoms with E-state index in [0.717, 1.165) is 5.69 Å². The summed E-state index contributed by atoms with van der Waals surface area (Å²) in [5, 5.41) is 0. The van der Waals surface area contributed by atoms with E-state index < -0.39 is 0 Å². The Morgan fingerprint density at radius 1 is 1.78 bits per heavy atom. The Kier molecular flexibility index (Phi) is 3.77. The van der Waals surface area contributed by atoms with E-state index in [1.165, 1.54) is 6.20 Å². The molecule has 0 fully saturated rings. The van der Waals surface area contributed by atoms with Crippen LogP contribution < -0.4 is 35.2 Å². The maximum atomic E-state index is 10.3. The fraction of sp³-hybridized carbons (Fsp3) is 0.200. The van der Waals surface area contributed by atoms with Gasteiger partial charge in [0.05, 0.1) is 0 Å². The monoisotopic (exact) mass is 134 g/mol. The summed E-state index contributed by atoms with van der Waals surface area (Å²) in [5.41, 5.74) is 0.551. The summed E-state index contributed by atoms with van der Waals surface area (Å²) >= 11 is 0. The van der Waals surface area contributed by atoms with Crippen LogP contribution in [-0.4, -0.2) is 9.97 Å². The van der Waals surface area contributed by atoms with Crippen molar-refractivity contribution in [2.24, 2.45) is 0 Å². The molecule has 9 heavy (non-hydrogen) atoms. The number of nitrogens with zero attached hydrogens (tertiary/aromatic N) is 1. The largest absolute Gasteiger partial charge is 1.00 e. The third-order valence-electron chi connectivity index (χ3n) is 0.820. The first-order valence-electron chi connectivity index (χ1n) is 2.31. The first kappa shape index (κ1) is 8.88. The molecule has 3 nitrogen and oxygen atoms in total. The number of aromatic amines is 1. The molecule has 4 heteroatoms. The van der Waals surface area contributed by atoms with Crippen molar-refractivity contribution < 1.29 is 31.0 Å². The second-order valence-electron chi connectivity index (χ2n) is 1.56. The Balaban J connectivity index is 0. The van der Waals surface area contributed by atoms with Crippen molar-refractivity contribution in [1.29, 1.82) is 0 Å². The van der Waals surface area contributed by atoms with Gasteiger partial charge in [-0.3, -0.25) is 0 Å².